The molecule has 1 aliphatic rings. The van der Waals surface area contributed by atoms with Gasteiger partial charge < -0.3 is 16.0 Å². The summed E-state index contributed by atoms with van der Waals surface area (Å²) < 4.78 is 0. The molecule has 0 aromatic heterocycles. The Balaban J connectivity index is 0.00000196. The van der Waals surface area contributed by atoms with Gasteiger partial charge in [-0.25, -0.2) is 0 Å². The number of nitrogens with zero attached hydrogens (tertiary/aromatic N) is 2. The Labute approximate surface area is 181 Å². The van der Waals surface area contributed by atoms with Crippen molar-refractivity contribution >= 4 is 42.0 Å². The molecule has 0 aliphatic carbocycles. The van der Waals surface area contributed by atoms with E-state index < -0.39 is 0 Å². The number of unbranched alkanes of at least 4 members (excludes halogenated alkanes) is 1. The summed E-state index contributed by atoms with van der Waals surface area (Å²) in [4.78, 5) is 7.29. The molecule has 2 aromatic rings. The van der Waals surface area contributed by atoms with E-state index in [2.05, 4.69) is 85.7 Å². The van der Waals surface area contributed by atoms with Gasteiger partial charge >= 0.3 is 0 Å². The molecule has 6 heteroatoms. The van der Waals surface area contributed by atoms with Gasteiger partial charge in [0.05, 0.1) is 6.04 Å². The molecule has 3 rings (SSSR count). The molecule has 1 heterocycles. The van der Waals surface area contributed by atoms with Crippen molar-refractivity contribution in [3.05, 3.63) is 60.2 Å². The van der Waals surface area contributed by atoms with Gasteiger partial charge in [0.25, 0.3) is 0 Å². The molecule has 2 aromatic carbocycles. The van der Waals surface area contributed by atoms with Gasteiger partial charge in [-0.1, -0.05) is 50.2 Å². The average molecular weight is 423 g/mol. The molecule has 0 radical (unpaired) electrons. The summed E-state index contributed by atoms with van der Waals surface area (Å²) in [5.41, 5.74) is 9.16. The molecule has 28 heavy (non-hydrogen) atoms. The Hall–Kier alpha value is -1.75. The van der Waals surface area contributed by atoms with E-state index in [0.717, 1.165) is 37.5 Å². The highest BCUT2D eigenvalue weighted by Crippen LogP contribution is 2.47. The summed E-state index contributed by atoms with van der Waals surface area (Å²) in [6.45, 7) is 6.10. The Bertz CT molecular complexity index is 762. The summed E-state index contributed by atoms with van der Waals surface area (Å²) in [5.74, 6) is 1.06. The van der Waals surface area contributed by atoms with E-state index in [1.54, 1.807) is 0 Å². The van der Waals surface area contributed by atoms with E-state index in [4.69, 9.17) is 10.7 Å². The van der Waals surface area contributed by atoms with E-state index in [-0.39, 0.29) is 36.3 Å². The number of nitrogens with two attached hydrogens (primary N) is 1. The van der Waals surface area contributed by atoms with Gasteiger partial charge in [-0.15, -0.1) is 24.8 Å². The largest absolute Gasteiger partial charge is 0.366 e. The van der Waals surface area contributed by atoms with Crippen LogP contribution in [0.1, 0.15) is 38.3 Å². The van der Waals surface area contributed by atoms with Crippen molar-refractivity contribution in [2.24, 2.45) is 16.1 Å². The highest BCUT2D eigenvalue weighted by Gasteiger charge is 2.43. The minimum atomic E-state index is -0.137. The van der Waals surface area contributed by atoms with Crippen LogP contribution in [-0.2, 0) is 0 Å². The van der Waals surface area contributed by atoms with Crippen molar-refractivity contribution in [2.45, 2.75) is 32.7 Å². The van der Waals surface area contributed by atoms with Crippen LogP contribution in [0.3, 0.4) is 0 Å². The maximum Gasteiger partial charge on any atom is 0.109 e. The van der Waals surface area contributed by atoms with E-state index in [0.29, 0.717) is 0 Å². The maximum atomic E-state index is 5.62. The topological polar surface area (TPSA) is 53.6 Å². The van der Waals surface area contributed by atoms with Crippen molar-refractivity contribution in [1.82, 2.24) is 0 Å². The molecule has 0 fully saturated rings. The number of aliphatic imine (C=N–C) groups is 1. The summed E-state index contributed by atoms with van der Waals surface area (Å²) in [6.07, 6.45) is 2.04. The first-order valence-corrected chi connectivity index (χ1v) is 9.44. The summed E-state index contributed by atoms with van der Waals surface area (Å²) in [6, 6.07) is 19.3. The lowest BCUT2D eigenvalue weighted by Crippen LogP contribution is -2.47. The van der Waals surface area contributed by atoms with E-state index >= 15 is 0 Å². The fourth-order valence-electron chi connectivity index (χ4n) is 3.85. The van der Waals surface area contributed by atoms with Crippen molar-refractivity contribution in [2.75, 3.05) is 30.4 Å². The SMILES string of the molecule is CN(c1ccccc1)C1c2ccccc2NC(=NCCCCN)C1(C)C.Cl.Cl. The number of amidine groups is 1. The number of hydrogen-bond donors (Lipinski definition) is 2. The van der Waals surface area contributed by atoms with Crippen LogP contribution in [0, 0.1) is 5.41 Å². The molecular weight excluding hydrogens is 391 g/mol. The first kappa shape index (κ1) is 24.3. The molecule has 154 valence electrons. The lowest BCUT2D eigenvalue weighted by Gasteiger charge is -2.46. The van der Waals surface area contributed by atoms with Crippen LogP contribution in [0.4, 0.5) is 11.4 Å². The van der Waals surface area contributed by atoms with E-state index in [1.165, 1.54) is 11.3 Å². The average Bonchev–Trinajstić information content (AvgIpc) is 2.65. The van der Waals surface area contributed by atoms with Gasteiger partial charge in [0.15, 0.2) is 0 Å². The van der Waals surface area contributed by atoms with E-state index in [9.17, 15) is 0 Å². The zero-order valence-electron chi connectivity index (χ0n) is 16.9. The molecule has 0 saturated heterocycles. The number of fused-ring (bicyclic) bond motifs is 1. The van der Waals surface area contributed by atoms with Gasteiger partial charge in [0.2, 0.25) is 0 Å². The number of benzene rings is 2. The van der Waals surface area contributed by atoms with Crippen LogP contribution in [0.25, 0.3) is 0 Å². The molecule has 1 atom stereocenters. The quantitative estimate of drug-likeness (QED) is 0.621. The lowest BCUT2D eigenvalue weighted by atomic mass is 9.75. The molecule has 4 nitrogen and oxygen atoms in total. The highest BCUT2D eigenvalue weighted by atomic mass is 35.5. The Morgan fingerprint density at radius 2 is 1.64 bits per heavy atom. The third kappa shape index (κ3) is 4.99. The molecule has 1 unspecified atom stereocenters. The Kier molecular flexibility index (Phi) is 9.28. The Morgan fingerprint density at radius 1 is 1.00 bits per heavy atom. The maximum absolute atomic E-state index is 5.62. The first-order valence-electron chi connectivity index (χ1n) is 9.44. The van der Waals surface area contributed by atoms with Crippen molar-refractivity contribution in [3.8, 4) is 0 Å². The predicted octanol–water partition coefficient (Wildman–Crippen LogP) is 5.30. The zero-order valence-corrected chi connectivity index (χ0v) is 18.5. The third-order valence-corrected chi connectivity index (χ3v) is 5.24. The van der Waals surface area contributed by atoms with E-state index in [1.807, 2.05) is 0 Å². The number of halogens is 2. The van der Waals surface area contributed by atoms with Gasteiger partial charge in [0.1, 0.15) is 5.84 Å². The molecule has 0 amide bonds. The molecule has 3 N–H and O–H groups in total. The number of rotatable bonds is 6. The van der Waals surface area contributed by atoms with Crippen molar-refractivity contribution in [3.63, 3.8) is 0 Å². The summed E-state index contributed by atoms with van der Waals surface area (Å²) >= 11 is 0. The first-order chi connectivity index (χ1) is 12.6. The molecule has 1 aliphatic heterocycles. The third-order valence-electron chi connectivity index (χ3n) is 5.24. The lowest BCUT2D eigenvalue weighted by molar-refractivity contribution is 0.392. The highest BCUT2D eigenvalue weighted by molar-refractivity contribution is 6.03. The zero-order chi connectivity index (χ0) is 18.6. The summed E-state index contributed by atoms with van der Waals surface area (Å²) in [5, 5.41) is 3.59. The minimum absolute atomic E-state index is 0. The fraction of sp³-hybridized carbons (Fsp3) is 0.409. The smallest absolute Gasteiger partial charge is 0.109 e. The summed E-state index contributed by atoms with van der Waals surface area (Å²) in [7, 11) is 2.18. The standard InChI is InChI=1S/C22H30N4.2ClH/c1-22(2)20(26(3)17-11-5-4-6-12-17)18-13-7-8-14-19(18)25-21(22)24-16-10-9-15-23;;/h4-8,11-14,20H,9-10,15-16,23H2,1-3H3,(H,24,25);2*1H. The predicted molar refractivity (Wildman–Crippen MR) is 127 cm³/mol. The van der Waals surface area contributed by atoms with Crippen molar-refractivity contribution in [1.29, 1.82) is 0 Å². The number of hydrogen-bond acceptors (Lipinski definition) is 3. The van der Waals surface area contributed by atoms with Crippen molar-refractivity contribution < 1.29 is 0 Å². The molecular formula is C22H32Cl2N4. The van der Waals surface area contributed by atoms with Crippen LogP contribution < -0.4 is 16.0 Å². The molecule has 0 spiro atoms. The second kappa shape index (κ2) is 10.7. The molecule has 0 bridgehead atoms. The van der Waals surface area contributed by atoms with Gasteiger partial charge in [-0.05, 0) is 43.1 Å². The van der Waals surface area contributed by atoms with Crippen LogP contribution in [-0.4, -0.2) is 26.0 Å². The van der Waals surface area contributed by atoms with Gasteiger partial charge in [-0.3, -0.25) is 4.99 Å². The second-order valence-electron chi connectivity index (χ2n) is 7.51. The van der Waals surface area contributed by atoms with Crippen LogP contribution in [0.2, 0.25) is 0 Å². The normalized spacial score (nSPS) is 18.3. The monoisotopic (exact) mass is 422 g/mol. The van der Waals surface area contributed by atoms with Gasteiger partial charge in [0, 0.05) is 30.4 Å². The van der Waals surface area contributed by atoms with Crippen LogP contribution in [0.15, 0.2) is 59.6 Å². The number of nitrogens with one attached hydrogen (secondary N) is 1. The van der Waals surface area contributed by atoms with Crippen LogP contribution >= 0.6 is 24.8 Å². The van der Waals surface area contributed by atoms with Crippen LogP contribution in [0.5, 0.6) is 0 Å². The number of anilines is 2. The second-order valence-corrected chi connectivity index (χ2v) is 7.51. The molecule has 0 saturated carbocycles. The number of para-hydroxylation sites is 2. The fourth-order valence-corrected chi connectivity index (χ4v) is 3.85. The Morgan fingerprint density at radius 3 is 2.32 bits per heavy atom. The minimum Gasteiger partial charge on any atom is -0.366 e. The van der Waals surface area contributed by atoms with Gasteiger partial charge in [-0.2, -0.15) is 0 Å².